The molecule has 2 rings (SSSR count). The van der Waals surface area contributed by atoms with E-state index in [0.29, 0.717) is 5.92 Å². The molecule has 0 saturated heterocycles. The van der Waals surface area contributed by atoms with E-state index >= 15 is 0 Å². The minimum Gasteiger partial charge on any atom is -0.309 e. The molecule has 0 amide bonds. The highest BCUT2D eigenvalue weighted by atomic mass is 15.3. The van der Waals surface area contributed by atoms with Crippen molar-refractivity contribution in [3.05, 3.63) is 18.0 Å². The van der Waals surface area contributed by atoms with Crippen molar-refractivity contribution in [1.29, 1.82) is 0 Å². The SMILES string of the molecule is CNC1(c2ccnn2CC(C)C)CC1. The molecule has 0 aliphatic heterocycles. The maximum absolute atomic E-state index is 4.39. The molecule has 0 atom stereocenters. The Morgan fingerprint density at radius 2 is 2.29 bits per heavy atom. The summed E-state index contributed by atoms with van der Waals surface area (Å²) >= 11 is 0. The molecule has 3 heteroatoms. The van der Waals surface area contributed by atoms with Gasteiger partial charge in [0.05, 0.1) is 11.2 Å². The fraction of sp³-hybridized carbons (Fsp3) is 0.727. The maximum atomic E-state index is 4.39. The topological polar surface area (TPSA) is 29.9 Å². The molecule has 1 aromatic heterocycles. The van der Waals surface area contributed by atoms with Crippen molar-refractivity contribution in [1.82, 2.24) is 15.1 Å². The number of nitrogens with zero attached hydrogens (tertiary/aromatic N) is 2. The zero-order valence-corrected chi connectivity index (χ0v) is 9.25. The predicted molar refractivity (Wildman–Crippen MR) is 57.0 cm³/mol. The van der Waals surface area contributed by atoms with Gasteiger partial charge in [0.1, 0.15) is 0 Å². The van der Waals surface area contributed by atoms with E-state index in [-0.39, 0.29) is 5.54 Å². The Balaban J connectivity index is 2.21. The molecule has 1 saturated carbocycles. The van der Waals surface area contributed by atoms with Crippen LogP contribution in [0.2, 0.25) is 0 Å². The third kappa shape index (κ3) is 1.57. The summed E-state index contributed by atoms with van der Waals surface area (Å²) in [4.78, 5) is 0. The van der Waals surface area contributed by atoms with Gasteiger partial charge in [-0.3, -0.25) is 4.68 Å². The highest BCUT2D eigenvalue weighted by Gasteiger charge is 2.45. The Morgan fingerprint density at radius 1 is 1.57 bits per heavy atom. The zero-order valence-electron chi connectivity index (χ0n) is 9.25. The molecule has 0 spiro atoms. The second-order valence-electron chi connectivity index (χ2n) is 4.62. The fourth-order valence-electron chi connectivity index (χ4n) is 1.99. The van der Waals surface area contributed by atoms with Gasteiger partial charge in [-0.2, -0.15) is 5.10 Å². The van der Waals surface area contributed by atoms with E-state index < -0.39 is 0 Å². The van der Waals surface area contributed by atoms with Crippen LogP contribution in [0.15, 0.2) is 12.3 Å². The largest absolute Gasteiger partial charge is 0.309 e. The van der Waals surface area contributed by atoms with Crippen LogP contribution in [-0.4, -0.2) is 16.8 Å². The lowest BCUT2D eigenvalue weighted by molar-refractivity contribution is 0.433. The standard InChI is InChI=1S/C11H19N3/c1-9(2)8-14-10(4-7-13-14)11(12-3)5-6-11/h4,7,9,12H,5-6,8H2,1-3H3. The number of rotatable bonds is 4. The van der Waals surface area contributed by atoms with Crippen molar-refractivity contribution in [3.8, 4) is 0 Å². The molecule has 14 heavy (non-hydrogen) atoms. The van der Waals surface area contributed by atoms with E-state index in [1.54, 1.807) is 0 Å². The molecule has 1 aliphatic carbocycles. The second-order valence-corrected chi connectivity index (χ2v) is 4.62. The Hall–Kier alpha value is -0.830. The van der Waals surface area contributed by atoms with Crippen molar-refractivity contribution >= 4 is 0 Å². The summed E-state index contributed by atoms with van der Waals surface area (Å²) in [7, 11) is 2.04. The first-order valence-corrected chi connectivity index (χ1v) is 5.39. The molecule has 0 unspecified atom stereocenters. The minimum atomic E-state index is 0.241. The molecule has 1 aromatic rings. The summed E-state index contributed by atoms with van der Waals surface area (Å²) in [6, 6.07) is 2.14. The van der Waals surface area contributed by atoms with Crippen LogP contribution in [0, 0.1) is 5.92 Å². The maximum Gasteiger partial charge on any atom is 0.0604 e. The smallest absolute Gasteiger partial charge is 0.0604 e. The molecular formula is C11H19N3. The van der Waals surface area contributed by atoms with Crippen LogP contribution in [-0.2, 0) is 12.1 Å². The number of aromatic nitrogens is 2. The average molecular weight is 193 g/mol. The summed E-state index contributed by atoms with van der Waals surface area (Å²) in [5.41, 5.74) is 1.60. The number of nitrogens with one attached hydrogen (secondary N) is 1. The number of hydrogen-bond acceptors (Lipinski definition) is 2. The van der Waals surface area contributed by atoms with Crippen LogP contribution < -0.4 is 5.32 Å². The summed E-state index contributed by atoms with van der Waals surface area (Å²) in [5, 5.41) is 7.79. The molecule has 0 bridgehead atoms. The molecule has 1 fully saturated rings. The number of hydrogen-bond donors (Lipinski definition) is 1. The van der Waals surface area contributed by atoms with Gasteiger partial charge < -0.3 is 5.32 Å². The van der Waals surface area contributed by atoms with Crippen molar-refractivity contribution < 1.29 is 0 Å². The highest BCUT2D eigenvalue weighted by Crippen LogP contribution is 2.44. The molecule has 1 N–H and O–H groups in total. The third-order valence-corrected chi connectivity index (χ3v) is 2.97. The molecule has 78 valence electrons. The summed E-state index contributed by atoms with van der Waals surface area (Å²) < 4.78 is 2.15. The van der Waals surface area contributed by atoms with E-state index in [1.807, 2.05) is 13.2 Å². The van der Waals surface area contributed by atoms with Gasteiger partial charge in [0.15, 0.2) is 0 Å². The van der Waals surface area contributed by atoms with E-state index in [0.717, 1.165) is 6.54 Å². The van der Waals surface area contributed by atoms with Crippen LogP contribution in [0.1, 0.15) is 32.4 Å². The highest BCUT2D eigenvalue weighted by molar-refractivity contribution is 5.22. The van der Waals surface area contributed by atoms with Gasteiger partial charge in [0.2, 0.25) is 0 Å². The molecule has 1 heterocycles. The fourth-order valence-corrected chi connectivity index (χ4v) is 1.99. The lowest BCUT2D eigenvalue weighted by Gasteiger charge is -2.17. The molecule has 1 aliphatic rings. The van der Waals surface area contributed by atoms with Gasteiger partial charge in [0.25, 0.3) is 0 Å². The van der Waals surface area contributed by atoms with Crippen LogP contribution in [0.3, 0.4) is 0 Å². The van der Waals surface area contributed by atoms with Gasteiger partial charge in [-0.1, -0.05) is 13.8 Å². The van der Waals surface area contributed by atoms with Gasteiger partial charge in [-0.25, -0.2) is 0 Å². The molecule has 0 aromatic carbocycles. The van der Waals surface area contributed by atoms with Crippen LogP contribution >= 0.6 is 0 Å². The normalized spacial score (nSPS) is 18.9. The van der Waals surface area contributed by atoms with Gasteiger partial charge in [-0.15, -0.1) is 0 Å². The second kappa shape index (κ2) is 3.39. The summed E-state index contributed by atoms with van der Waals surface area (Å²) in [5.74, 6) is 0.654. The van der Waals surface area contributed by atoms with Crippen molar-refractivity contribution in [2.24, 2.45) is 5.92 Å². The lowest BCUT2D eigenvalue weighted by atomic mass is 10.1. The monoisotopic (exact) mass is 193 g/mol. The van der Waals surface area contributed by atoms with Crippen LogP contribution in [0.4, 0.5) is 0 Å². The minimum absolute atomic E-state index is 0.241. The third-order valence-electron chi connectivity index (χ3n) is 2.97. The van der Waals surface area contributed by atoms with E-state index in [4.69, 9.17) is 0 Å². The van der Waals surface area contributed by atoms with E-state index in [1.165, 1.54) is 18.5 Å². The average Bonchev–Trinajstić information content (AvgIpc) is 2.81. The Labute approximate surface area is 85.5 Å². The van der Waals surface area contributed by atoms with Crippen molar-refractivity contribution in [2.45, 2.75) is 38.8 Å². The van der Waals surface area contributed by atoms with Crippen LogP contribution in [0.5, 0.6) is 0 Å². The lowest BCUT2D eigenvalue weighted by Crippen LogP contribution is -2.28. The molecule has 3 nitrogen and oxygen atoms in total. The van der Waals surface area contributed by atoms with Crippen LogP contribution in [0.25, 0.3) is 0 Å². The zero-order chi connectivity index (χ0) is 10.2. The Bertz CT molecular complexity index is 310. The summed E-state index contributed by atoms with van der Waals surface area (Å²) in [6.07, 6.45) is 4.40. The van der Waals surface area contributed by atoms with E-state index in [2.05, 4.69) is 35.0 Å². The summed E-state index contributed by atoms with van der Waals surface area (Å²) in [6.45, 7) is 5.47. The van der Waals surface area contributed by atoms with Crippen molar-refractivity contribution in [3.63, 3.8) is 0 Å². The first-order valence-electron chi connectivity index (χ1n) is 5.39. The first kappa shape index (κ1) is 9.71. The van der Waals surface area contributed by atoms with Gasteiger partial charge in [0, 0.05) is 12.7 Å². The molecule has 0 radical (unpaired) electrons. The van der Waals surface area contributed by atoms with Gasteiger partial charge >= 0.3 is 0 Å². The molecular weight excluding hydrogens is 174 g/mol. The Kier molecular flexibility index (Phi) is 2.35. The van der Waals surface area contributed by atoms with Crippen molar-refractivity contribution in [2.75, 3.05) is 7.05 Å². The quantitative estimate of drug-likeness (QED) is 0.789. The van der Waals surface area contributed by atoms with Gasteiger partial charge in [-0.05, 0) is 31.9 Å². The Morgan fingerprint density at radius 3 is 2.79 bits per heavy atom. The van der Waals surface area contributed by atoms with E-state index in [9.17, 15) is 0 Å². The first-order chi connectivity index (χ1) is 6.68. The predicted octanol–water partition coefficient (Wildman–Crippen LogP) is 1.75.